The zero-order chi connectivity index (χ0) is 29.9. The van der Waals surface area contributed by atoms with Gasteiger partial charge in [0.05, 0.1) is 5.52 Å². The Balaban J connectivity index is 1.29. The third-order valence-corrected chi connectivity index (χ3v) is 8.91. The lowest BCUT2D eigenvalue weighted by molar-refractivity contribution is -0.138. The zero-order valence-electron chi connectivity index (χ0n) is 24.2. The number of amides is 2. The van der Waals surface area contributed by atoms with Crippen LogP contribution in [0, 0.1) is 12.3 Å². The second kappa shape index (κ2) is 10.4. The van der Waals surface area contributed by atoms with Crippen molar-refractivity contribution in [2.75, 3.05) is 5.32 Å². The highest BCUT2D eigenvalue weighted by Crippen LogP contribution is 2.59. The van der Waals surface area contributed by atoms with E-state index in [-0.39, 0.29) is 41.5 Å². The number of halogens is 1. The highest BCUT2D eigenvalue weighted by atomic mass is 79.9. The first-order chi connectivity index (χ1) is 19.9. The number of benzene rings is 1. The van der Waals surface area contributed by atoms with Crippen LogP contribution in [-0.4, -0.2) is 59.3 Å². The van der Waals surface area contributed by atoms with E-state index < -0.39 is 6.04 Å². The lowest BCUT2D eigenvalue weighted by Gasteiger charge is -2.27. The van der Waals surface area contributed by atoms with Gasteiger partial charge < -0.3 is 10.2 Å². The summed E-state index contributed by atoms with van der Waals surface area (Å²) in [7, 11) is 0. The lowest BCUT2D eigenvalue weighted by atomic mass is 10.0. The molecule has 1 N–H and O–H groups in total. The number of nitrogens with one attached hydrogen (secondary N) is 1. The fourth-order valence-corrected chi connectivity index (χ4v) is 6.37. The molecule has 4 aromatic rings. The molecule has 6 rings (SSSR count). The molecule has 216 valence electrons. The monoisotopic (exact) mass is 629 g/mol. The van der Waals surface area contributed by atoms with E-state index in [1.165, 1.54) is 6.92 Å². The van der Waals surface area contributed by atoms with Gasteiger partial charge in [-0.05, 0) is 76.4 Å². The molecule has 1 saturated carbocycles. The minimum absolute atomic E-state index is 0.0111. The summed E-state index contributed by atoms with van der Waals surface area (Å²) in [6, 6.07) is 8.82. The quantitative estimate of drug-likeness (QED) is 0.217. The van der Waals surface area contributed by atoms with E-state index in [1.54, 1.807) is 22.0 Å². The molecule has 1 saturated heterocycles. The molecule has 1 aliphatic carbocycles. The molecule has 1 aliphatic heterocycles. The molecule has 10 nitrogen and oxygen atoms in total. The number of pyridine rings is 1. The zero-order valence-corrected chi connectivity index (χ0v) is 25.8. The van der Waals surface area contributed by atoms with Gasteiger partial charge >= 0.3 is 0 Å². The summed E-state index contributed by atoms with van der Waals surface area (Å²) in [4.78, 5) is 54.9. The molecule has 0 bridgehead atoms. The van der Waals surface area contributed by atoms with Crippen molar-refractivity contribution in [2.24, 2.45) is 5.41 Å². The molecular formula is C31H32BrN7O3. The second-order valence-electron chi connectivity index (χ2n) is 11.9. The summed E-state index contributed by atoms with van der Waals surface area (Å²) in [5.74, 6) is 0.688. The van der Waals surface area contributed by atoms with Crippen molar-refractivity contribution in [1.82, 2.24) is 29.6 Å². The molecule has 3 atom stereocenters. The van der Waals surface area contributed by atoms with Crippen LogP contribution in [0.4, 0.5) is 5.82 Å². The Kier molecular flexibility index (Phi) is 6.95. The molecule has 4 heterocycles. The average molecular weight is 631 g/mol. The van der Waals surface area contributed by atoms with Crippen molar-refractivity contribution in [1.29, 1.82) is 0 Å². The van der Waals surface area contributed by atoms with E-state index in [1.807, 2.05) is 51.1 Å². The fourth-order valence-electron chi connectivity index (χ4n) is 6.06. The molecule has 2 amide bonds. The number of fused-ring (bicyclic) bond motifs is 2. The van der Waals surface area contributed by atoms with Crippen molar-refractivity contribution in [3.63, 3.8) is 0 Å². The molecule has 1 aromatic carbocycles. The van der Waals surface area contributed by atoms with Crippen molar-refractivity contribution in [3.8, 4) is 11.1 Å². The SMILES string of the molecule is CC(=O)c1nn(CC(=O)N2C3C[C@]3(C)C[C@H]2C(=O)Nc2nc(Br)ccc2C(C)C)c2ccc(-c3cnc(C)nc3)cc12. The van der Waals surface area contributed by atoms with E-state index in [4.69, 9.17) is 0 Å². The van der Waals surface area contributed by atoms with Crippen LogP contribution >= 0.6 is 15.9 Å². The third kappa shape index (κ3) is 4.99. The smallest absolute Gasteiger partial charge is 0.248 e. The molecule has 11 heteroatoms. The Morgan fingerprint density at radius 3 is 2.52 bits per heavy atom. The van der Waals surface area contributed by atoms with Crippen LogP contribution in [0.5, 0.6) is 0 Å². The Bertz CT molecular complexity index is 1750. The van der Waals surface area contributed by atoms with Crippen molar-refractivity contribution in [2.45, 2.75) is 72.0 Å². The third-order valence-electron chi connectivity index (χ3n) is 8.47. The van der Waals surface area contributed by atoms with E-state index in [0.717, 1.165) is 23.1 Å². The van der Waals surface area contributed by atoms with Crippen LogP contribution in [0.15, 0.2) is 47.3 Å². The number of hydrogen-bond acceptors (Lipinski definition) is 7. The fraction of sp³-hybridized carbons (Fsp3) is 0.387. The lowest BCUT2D eigenvalue weighted by Crippen LogP contribution is -2.47. The Morgan fingerprint density at radius 2 is 1.83 bits per heavy atom. The van der Waals surface area contributed by atoms with Crippen LogP contribution in [0.1, 0.15) is 68.3 Å². The first kappa shape index (κ1) is 28.1. The highest BCUT2D eigenvalue weighted by Gasteiger charge is 2.64. The van der Waals surface area contributed by atoms with Crippen LogP contribution in [0.25, 0.3) is 22.0 Å². The molecule has 0 radical (unpaired) electrons. The number of carbonyl (C=O) groups excluding carboxylic acids is 3. The number of rotatable bonds is 7. The summed E-state index contributed by atoms with van der Waals surface area (Å²) in [6.07, 6.45) is 4.92. The molecule has 0 spiro atoms. The Hall–Kier alpha value is -3.99. The summed E-state index contributed by atoms with van der Waals surface area (Å²) in [5, 5.41) is 8.22. The van der Waals surface area contributed by atoms with Gasteiger partial charge in [0, 0.05) is 36.3 Å². The number of piperidine rings is 1. The van der Waals surface area contributed by atoms with Crippen LogP contribution in [0.3, 0.4) is 0 Å². The predicted molar refractivity (Wildman–Crippen MR) is 162 cm³/mol. The summed E-state index contributed by atoms with van der Waals surface area (Å²) in [5.41, 5.74) is 3.47. The average Bonchev–Trinajstić information content (AvgIpc) is 3.30. The number of carbonyl (C=O) groups is 3. The number of aryl methyl sites for hydroxylation is 1. The van der Waals surface area contributed by atoms with Crippen LogP contribution in [0.2, 0.25) is 0 Å². The van der Waals surface area contributed by atoms with Crippen LogP contribution in [-0.2, 0) is 16.1 Å². The molecule has 3 aromatic heterocycles. The standard InChI is InChI=1S/C31H32BrN7O3/c1-16(2)21-7-9-26(32)35-29(21)36-30(42)24-11-31(5)12-25(31)39(24)27(41)15-38-23-8-6-19(20-13-33-18(4)34-14-20)10-22(23)28(37-38)17(3)40/h6-10,13-14,16,24-25H,11-12,15H2,1-5H3,(H,35,36,42)/t24-,25?,31-/m0/s1. The van der Waals surface area contributed by atoms with Gasteiger partial charge in [0.15, 0.2) is 5.78 Å². The number of likely N-dealkylation sites (tertiary alicyclic amines) is 1. The number of Topliss-reactive ketones (excluding diaryl/α,β-unsaturated/α-hetero) is 1. The number of ketones is 1. The minimum Gasteiger partial charge on any atom is -0.325 e. The number of anilines is 1. The van der Waals surface area contributed by atoms with E-state index in [9.17, 15) is 14.4 Å². The second-order valence-corrected chi connectivity index (χ2v) is 12.7. The van der Waals surface area contributed by atoms with Gasteiger partial charge in [-0.3, -0.25) is 19.1 Å². The Morgan fingerprint density at radius 1 is 1.10 bits per heavy atom. The van der Waals surface area contributed by atoms with E-state index >= 15 is 0 Å². The van der Waals surface area contributed by atoms with Gasteiger partial charge in [-0.1, -0.05) is 32.9 Å². The molecule has 42 heavy (non-hydrogen) atoms. The maximum Gasteiger partial charge on any atom is 0.248 e. The molecule has 2 aliphatic rings. The van der Waals surface area contributed by atoms with Crippen LogP contribution < -0.4 is 5.32 Å². The summed E-state index contributed by atoms with van der Waals surface area (Å²) >= 11 is 3.40. The minimum atomic E-state index is -0.621. The van der Waals surface area contributed by atoms with Gasteiger partial charge in [0.2, 0.25) is 11.8 Å². The summed E-state index contributed by atoms with van der Waals surface area (Å²) in [6.45, 7) is 9.41. The van der Waals surface area contributed by atoms with Gasteiger partial charge in [-0.15, -0.1) is 0 Å². The molecular weight excluding hydrogens is 598 g/mol. The number of aromatic nitrogens is 5. The summed E-state index contributed by atoms with van der Waals surface area (Å²) < 4.78 is 2.20. The van der Waals surface area contributed by atoms with Crippen molar-refractivity contribution in [3.05, 3.63) is 64.4 Å². The topological polar surface area (TPSA) is 123 Å². The van der Waals surface area contributed by atoms with Gasteiger partial charge in [0.25, 0.3) is 0 Å². The highest BCUT2D eigenvalue weighted by molar-refractivity contribution is 9.10. The van der Waals surface area contributed by atoms with Gasteiger partial charge in [-0.2, -0.15) is 5.10 Å². The van der Waals surface area contributed by atoms with E-state index in [0.29, 0.717) is 39.3 Å². The first-order valence-corrected chi connectivity index (χ1v) is 14.8. The largest absolute Gasteiger partial charge is 0.325 e. The maximum absolute atomic E-state index is 13.9. The van der Waals surface area contributed by atoms with Crippen molar-refractivity contribution < 1.29 is 14.4 Å². The number of hydrogen-bond donors (Lipinski definition) is 1. The van der Waals surface area contributed by atoms with Gasteiger partial charge in [-0.25, -0.2) is 15.0 Å². The molecule has 2 fully saturated rings. The molecule has 1 unspecified atom stereocenters. The van der Waals surface area contributed by atoms with Gasteiger partial charge in [0.1, 0.15) is 34.5 Å². The van der Waals surface area contributed by atoms with Crippen molar-refractivity contribution >= 4 is 50.2 Å². The number of nitrogens with zero attached hydrogens (tertiary/aromatic N) is 6. The predicted octanol–water partition coefficient (Wildman–Crippen LogP) is 5.30. The first-order valence-electron chi connectivity index (χ1n) is 14.0. The maximum atomic E-state index is 13.9. The normalized spacial score (nSPS) is 21.1. The van der Waals surface area contributed by atoms with E-state index in [2.05, 4.69) is 48.2 Å². The Labute approximate surface area is 252 Å².